The molecule has 4 nitrogen and oxygen atoms in total. The molecule has 1 unspecified atom stereocenters. The third-order valence-corrected chi connectivity index (χ3v) is 4.21. The minimum Gasteiger partial charge on any atom is -0.436 e. The topological polar surface area (TPSA) is 66.8 Å². The van der Waals surface area contributed by atoms with Crippen LogP contribution in [0.3, 0.4) is 0 Å². The Kier molecular flexibility index (Phi) is 19.3. The Hall–Kier alpha value is -1.13. The Morgan fingerprint density at radius 1 is 0.885 bits per heavy atom. The van der Waals surface area contributed by atoms with Crippen molar-refractivity contribution in [2.45, 2.75) is 103 Å². The van der Waals surface area contributed by atoms with Crippen LogP contribution in [0.4, 0.5) is 0 Å². The Bertz CT molecular complexity index is 363. The van der Waals surface area contributed by atoms with Gasteiger partial charge in [0, 0.05) is 19.4 Å². The van der Waals surface area contributed by atoms with Gasteiger partial charge < -0.3 is 14.9 Å². The summed E-state index contributed by atoms with van der Waals surface area (Å²) in [7, 11) is 0. The summed E-state index contributed by atoms with van der Waals surface area (Å²) in [6, 6.07) is 0. The SMILES string of the molecule is CCCCC/C=C\C/C=C\CCCCCCCC(=O)OC(O)CCCO. The van der Waals surface area contributed by atoms with Gasteiger partial charge in [-0.1, -0.05) is 63.3 Å². The van der Waals surface area contributed by atoms with Crippen molar-refractivity contribution in [2.75, 3.05) is 6.61 Å². The first-order valence-electron chi connectivity index (χ1n) is 10.5. The molecule has 2 N–H and O–H groups in total. The first-order chi connectivity index (χ1) is 12.7. The maximum Gasteiger partial charge on any atom is 0.308 e. The van der Waals surface area contributed by atoms with Gasteiger partial charge in [-0.25, -0.2) is 0 Å². The number of esters is 1. The summed E-state index contributed by atoms with van der Waals surface area (Å²) in [6.07, 6.45) is 21.7. The highest BCUT2D eigenvalue weighted by Gasteiger charge is 2.09. The molecule has 0 amide bonds. The minimum atomic E-state index is -1.08. The van der Waals surface area contributed by atoms with Crippen molar-refractivity contribution in [1.82, 2.24) is 0 Å². The van der Waals surface area contributed by atoms with Crippen molar-refractivity contribution in [1.29, 1.82) is 0 Å². The molecule has 0 radical (unpaired) electrons. The zero-order valence-corrected chi connectivity index (χ0v) is 16.7. The van der Waals surface area contributed by atoms with Crippen LogP contribution in [-0.4, -0.2) is 29.1 Å². The quantitative estimate of drug-likeness (QED) is 0.146. The van der Waals surface area contributed by atoms with Crippen LogP contribution in [0.15, 0.2) is 24.3 Å². The molecule has 0 aromatic rings. The number of aliphatic hydroxyl groups is 2. The summed E-state index contributed by atoms with van der Waals surface area (Å²) in [6.45, 7) is 2.23. The molecule has 1 atom stereocenters. The molecule has 0 saturated carbocycles. The predicted octanol–water partition coefficient (Wildman–Crippen LogP) is 5.43. The molecule has 0 heterocycles. The van der Waals surface area contributed by atoms with Crippen molar-refractivity contribution < 1.29 is 19.7 Å². The molecule has 0 aliphatic heterocycles. The number of hydrogen-bond donors (Lipinski definition) is 2. The molecule has 0 aromatic carbocycles. The molecular weight excluding hydrogens is 328 g/mol. The first kappa shape index (κ1) is 24.9. The minimum absolute atomic E-state index is 0.000450. The van der Waals surface area contributed by atoms with Gasteiger partial charge in [-0.15, -0.1) is 0 Å². The smallest absolute Gasteiger partial charge is 0.308 e. The zero-order chi connectivity index (χ0) is 19.3. The van der Waals surface area contributed by atoms with E-state index in [0.717, 1.165) is 32.1 Å². The summed E-state index contributed by atoms with van der Waals surface area (Å²) < 4.78 is 4.86. The number of carbonyl (C=O) groups is 1. The second-order valence-electron chi connectivity index (χ2n) is 6.79. The monoisotopic (exact) mass is 368 g/mol. The van der Waals surface area contributed by atoms with E-state index in [9.17, 15) is 9.90 Å². The molecule has 0 spiro atoms. The number of allylic oxidation sites excluding steroid dienone is 4. The van der Waals surface area contributed by atoms with E-state index in [-0.39, 0.29) is 12.6 Å². The van der Waals surface area contributed by atoms with E-state index in [1.807, 2.05) is 0 Å². The van der Waals surface area contributed by atoms with Gasteiger partial charge in [0.1, 0.15) is 0 Å². The Balaban J connectivity index is 3.35. The van der Waals surface area contributed by atoms with Crippen LogP contribution in [0, 0.1) is 0 Å². The predicted molar refractivity (Wildman–Crippen MR) is 108 cm³/mol. The number of hydrogen-bond acceptors (Lipinski definition) is 4. The van der Waals surface area contributed by atoms with E-state index in [1.165, 1.54) is 38.5 Å². The number of unbranched alkanes of at least 4 members (excludes halogenated alkanes) is 8. The summed E-state index contributed by atoms with van der Waals surface area (Å²) in [4.78, 5) is 11.5. The second kappa shape index (κ2) is 20.2. The Morgan fingerprint density at radius 2 is 1.50 bits per heavy atom. The van der Waals surface area contributed by atoms with Crippen LogP contribution in [-0.2, 0) is 9.53 Å². The fourth-order valence-corrected chi connectivity index (χ4v) is 2.62. The largest absolute Gasteiger partial charge is 0.436 e. The van der Waals surface area contributed by atoms with Crippen LogP contribution < -0.4 is 0 Å². The van der Waals surface area contributed by atoms with Gasteiger partial charge >= 0.3 is 5.97 Å². The lowest BCUT2D eigenvalue weighted by molar-refractivity contribution is -0.169. The van der Waals surface area contributed by atoms with Crippen molar-refractivity contribution in [3.63, 3.8) is 0 Å². The lowest BCUT2D eigenvalue weighted by Crippen LogP contribution is -2.17. The maximum atomic E-state index is 11.5. The van der Waals surface area contributed by atoms with E-state index in [2.05, 4.69) is 31.2 Å². The van der Waals surface area contributed by atoms with Crippen LogP contribution in [0.25, 0.3) is 0 Å². The summed E-state index contributed by atoms with van der Waals surface area (Å²) in [5, 5.41) is 18.1. The van der Waals surface area contributed by atoms with Crippen LogP contribution in [0.2, 0.25) is 0 Å². The average molecular weight is 369 g/mol. The van der Waals surface area contributed by atoms with Crippen LogP contribution >= 0.6 is 0 Å². The maximum absolute atomic E-state index is 11.5. The van der Waals surface area contributed by atoms with E-state index < -0.39 is 6.29 Å². The summed E-state index contributed by atoms with van der Waals surface area (Å²) in [5.74, 6) is -0.346. The van der Waals surface area contributed by atoms with Gasteiger partial charge in [0.05, 0.1) is 0 Å². The van der Waals surface area contributed by atoms with E-state index in [4.69, 9.17) is 9.84 Å². The van der Waals surface area contributed by atoms with Crippen molar-refractivity contribution in [3.8, 4) is 0 Å². The molecule has 4 heteroatoms. The lowest BCUT2D eigenvalue weighted by Gasteiger charge is -2.11. The normalized spacial score (nSPS) is 12.9. The standard InChI is InChI=1S/C22H40O4/c1-2-3-4-5-6-7-8-9-10-11-12-13-14-15-16-18-21(24)26-22(25)19-17-20-23/h6-7,9-10,22-23,25H,2-5,8,11-20H2,1H3/b7-6-,10-9-. The Morgan fingerprint density at radius 3 is 2.15 bits per heavy atom. The van der Waals surface area contributed by atoms with Gasteiger partial charge in [0.2, 0.25) is 6.29 Å². The van der Waals surface area contributed by atoms with E-state index >= 15 is 0 Å². The van der Waals surface area contributed by atoms with Crippen molar-refractivity contribution in [2.24, 2.45) is 0 Å². The van der Waals surface area contributed by atoms with E-state index in [1.54, 1.807) is 0 Å². The molecule has 0 bridgehead atoms. The molecule has 0 aliphatic rings. The highest BCUT2D eigenvalue weighted by Crippen LogP contribution is 2.09. The second-order valence-corrected chi connectivity index (χ2v) is 6.79. The molecular formula is C22H40O4. The Labute approximate surface area is 160 Å². The number of rotatable bonds is 18. The summed E-state index contributed by atoms with van der Waals surface area (Å²) >= 11 is 0. The van der Waals surface area contributed by atoms with Gasteiger partial charge in [0.15, 0.2) is 0 Å². The van der Waals surface area contributed by atoms with Crippen molar-refractivity contribution >= 4 is 5.97 Å². The first-order valence-corrected chi connectivity index (χ1v) is 10.5. The average Bonchev–Trinajstić information content (AvgIpc) is 2.63. The van der Waals surface area contributed by atoms with Gasteiger partial charge in [-0.2, -0.15) is 0 Å². The fourth-order valence-electron chi connectivity index (χ4n) is 2.62. The zero-order valence-electron chi connectivity index (χ0n) is 16.7. The van der Waals surface area contributed by atoms with E-state index in [0.29, 0.717) is 19.3 Å². The number of ether oxygens (including phenoxy) is 1. The lowest BCUT2D eigenvalue weighted by atomic mass is 10.1. The molecule has 0 aliphatic carbocycles. The number of carbonyl (C=O) groups excluding carboxylic acids is 1. The fraction of sp³-hybridized carbons (Fsp3) is 0.773. The van der Waals surface area contributed by atoms with Crippen molar-refractivity contribution in [3.05, 3.63) is 24.3 Å². The molecule has 0 rings (SSSR count). The number of aliphatic hydroxyl groups excluding tert-OH is 2. The third-order valence-electron chi connectivity index (χ3n) is 4.21. The molecule has 26 heavy (non-hydrogen) atoms. The van der Waals surface area contributed by atoms with Crippen LogP contribution in [0.1, 0.15) is 96.8 Å². The molecule has 0 aromatic heterocycles. The van der Waals surface area contributed by atoms with Crippen LogP contribution in [0.5, 0.6) is 0 Å². The molecule has 0 saturated heterocycles. The van der Waals surface area contributed by atoms with Gasteiger partial charge in [-0.05, 0) is 44.9 Å². The van der Waals surface area contributed by atoms with Gasteiger partial charge in [0.25, 0.3) is 0 Å². The highest BCUT2D eigenvalue weighted by atomic mass is 16.6. The third kappa shape index (κ3) is 19.2. The molecule has 0 fully saturated rings. The molecule has 152 valence electrons. The van der Waals surface area contributed by atoms with Gasteiger partial charge in [-0.3, -0.25) is 4.79 Å². The summed E-state index contributed by atoms with van der Waals surface area (Å²) in [5.41, 5.74) is 0. The highest BCUT2D eigenvalue weighted by molar-refractivity contribution is 5.69.